The zero-order valence-corrected chi connectivity index (χ0v) is 21.6. The number of hydrogen-bond acceptors (Lipinski definition) is 6. The molecule has 3 aliphatic rings. The predicted octanol–water partition coefficient (Wildman–Crippen LogP) is 4.45. The second-order valence-corrected chi connectivity index (χ2v) is 11.5. The van der Waals surface area contributed by atoms with Crippen molar-refractivity contribution in [2.75, 3.05) is 19.7 Å². The van der Waals surface area contributed by atoms with Gasteiger partial charge in [0.25, 0.3) is 5.56 Å². The van der Waals surface area contributed by atoms with Gasteiger partial charge in [0.2, 0.25) is 0 Å². The van der Waals surface area contributed by atoms with Crippen LogP contribution in [0.1, 0.15) is 86.3 Å². The van der Waals surface area contributed by atoms with E-state index in [0.29, 0.717) is 12.0 Å². The first kappa shape index (κ1) is 23.8. The molecule has 3 fully saturated rings. The molecule has 2 atom stereocenters. The number of nitrogens with zero attached hydrogens (tertiary/aromatic N) is 5. The number of H-pyrrole nitrogens is 1. The topological polar surface area (TPSA) is 88.9 Å². The summed E-state index contributed by atoms with van der Waals surface area (Å²) >= 11 is 0. The molecule has 8 nitrogen and oxygen atoms in total. The van der Waals surface area contributed by atoms with E-state index in [4.69, 9.17) is 4.74 Å². The minimum absolute atomic E-state index is 0.0487. The highest BCUT2D eigenvalue weighted by atomic mass is 16.5. The van der Waals surface area contributed by atoms with Crippen molar-refractivity contribution in [3.63, 3.8) is 0 Å². The number of benzene rings is 1. The third kappa shape index (κ3) is 4.50. The molecule has 1 N–H and O–H groups in total. The van der Waals surface area contributed by atoms with Crippen molar-refractivity contribution in [2.24, 2.45) is 5.41 Å². The molecular formula is C28H38N6O2. The molecule has 0 bridgehead atoms. The summed E-state index contributed by atoms with van der Waals surface area (Å²) in [4.78, 5) is 19.4. The molecule has 3 aromatic rings. The summed E-state index contributed by atoms with van der Waals surface area (Å²) < 4.78 is 7.81. The lowest BCUT2D eigenvalue weighted by atomic mass is 9.69. The summed E-state index contributed by atoms with van der Waals surface area (Å²) in [7, 11) is 0. The van der Waals surface area contributed by atoms with Crippen molar-refractivity contribution in [1.29, 1.82) is 0 Å². The molecule has 4 heterocycles. The molecule has 2 saturated heterocycles. The Bertz CT molecular complexity index is 1280. The number of nitrogens with one attached hydrogen (secondary N) is 1. The fraction of sp³-hybridized carbons (Fsp3) is 0.643. The van der Waals surface area contributed by atoms with Gasteiger partial charge in [-0.3, -0.25) is 9.69 Å². The lowest BCUT2D eigenvalue weighted by Crippen LogP contribution is -2.47. The lowest BCUT2D eigenvalue weighted by molar-refractivity contribution is 0.0326. The smallest absolute Gasteiger partial charge is 0.253 e. The molecule has 0 amide bonds. The molecule has 1 saturated carbocycles. The molecule has 6 rings (SSSR count). The minimum atomic E-state index is -0.283. The molecule has 192 valence electrons. The quantitative estimate of drug-likeness (QED) is 0.569. The number of aromatic amines is 1. The monoisotopic (exact) mass is 490 g/mol. The van der Waals surface area contributed by atoms with Crippen LogP contribution < -0.4 is 5.56 Å². The summed E-state index contributed by atoms with van der Waals surface area (Å²) in [6.07, 6.45) is 11.2. The van der Waals surface area contributed by atoms with Gasteiger partial charge in [0.15, 0.2) is 5.82 Å². The number of aromatic nitrogens is 5. The molecule has 2 aliphatic heterocycles. The largest absolute Gasteiger partial charge is 0.376 e. The molecule has 2 unspecified atom stereocenters. The van der Waals surface area contributed by atoms with Crippen molar-refractivity contribution in [3.05, 3.63) is 51.1 Å². The fourth-order valence-corrected chi connectivity index (χ4v) is 7.09. The van der Waals surface area contributed by atoms with E-state index in [2.05, 4.69) is 57.5 Å². The van der Waals surface area contributed by atoms with E-state index in [9.17, 15) is 4.79 Å². The first-order valence-corrected chi connectivity index (χ1v) is 13.8. The van der Waals surface area contributed by atoms with Gasteiger partial charge >= 0.3 is 0 Å². The van der Waals surface area contributed by atoms with E-state index in [1.807, 2.05) is 4.68 Å². The Morgan fingerprint density at radius 2 is 1.94 bits per heavy atom. The van der Waals surface area contributed by atoms with Crippen LogP contribution in [0.4, 0.5) is 0 Å². The normalized spacial score (nSPS) is 23.4. The van der Waals surface area contributed by atoms with Gasteiger partial charge in [-0.15, -0.1) is 5.10 Å². The standard InChI is InChI=1S/C28H38N6O2/c1-19-14-20(2)22-16-23(27(35)29-24(22)15-19)25(26-30-31-32-34(26)17-21-8-6-13-36-21)33-12-7-11-28(18-33)9-4-3-5-10-28/h14-16,21,25H,3-13,17-18H2,1-2H3,(H,29,35). The second kappa shape index (κ2) is 9.71. The number of rotatable bonds is 5. The van der Waals surface area contributed by atoms with Gasteiger partial charge in [0, 0.05) is 29.6 Å². The Kier molecular flexibility index (Phi) is 6.42. The summed E-state index contributed by atoms with van der Waals surface area (Å²) in [5.74, 6) is 0.757. The number of hydrogen-bond donors (Lipinski definition) is 1. The molecule has 1 aromatic carbocycles. The molecule has 36 heavy (non-hydrogen) atoms. The van der Waals surface area contributed by atoms with Crippen molar-refractivity contribution in [3.8, 4) is 0 Å². The molecule has 0 radical (unpaired) electrons. The molecular weight excluding hydrogens is 452 g/mol. The summed E-state index contributed by atoms with van der Waals surface area (Å²) in [6.45, 7) is 7.55. The van der Waals surface area contributed by atoms with Gasteiger partial charge in [-0.25, -0.2) is 4.68 Å². The van der Waals surface area contributed by atoms with E-state index in [0.717, 1.165) is 66.8 Å². The first-order valence-electron chi connectivity index (χ1n) is 13.8. The number of likely N-dealkylation sites (tertiary alicyclic amines) is 1. The molecule has 1 spiro atoms. The Labute approximate surface area is 212 Å². The highest BCUT2D eigenvalue weighted by Crippen LogP contribution is 2.45. The maximum absolute atomic E-state index is 13.7. The number of fused-ring (bicyclic) bond motifs is 1. The van der Waals surface area contributed by atoms with Crippen LogP contribution in [0.15, 0.2) is 23.0 Å². The Morgan fingerprint density at radius 1 is 1.11 bits per heavy atom. The van der Waals surface area contributed by atoms with E-state index >= 15 is 0 Å². The Balaban J connectivity index is 1.45. The van der Waals surface area contributed by atoms with Crippen LogP contribution in [0.3, 0.4) is 0 Å². The number of pyridine rings is 1. The third-order valence-electron chi connectivity index (χ3n) is 8.81. The van der Waals surface area contributed by atoms with Crippen LogP contribution in [0.2, 0.25) is 0 Å². The molecule has 8 heteroatoms. The van der Waals surface area contributed by atoms with Crippen molar-refractivity contribution >= 4 is 10.9 Å². The minimum Gasteiger partial charge on any atom is -0.376 e. The number of piperidine rings is 1. The summed E-state index contributed by atoms with van der Waals surface area (Å²) in [6, 6.07) is 6.05. The predicted molar refractivity (Wildman–Crippen MR) is 139 cm³/mol. The van der Waals surface area contributed by atoms with Crippen LogP contribution in [-0.2, 0) is 11.3 Å². The Hall–Kier alpha value is -2.58. The van der Waals surface area contributed by atoms with Gasteiger partial charge in [-0.1, -0.05) is 25.3 Å². The highest BCUT2D eigenvalue weighted by Gasteiger charge is 2.41. The lowest BCUT2D eigenvalue weighted by Gasteiger charge is -2.47. The van der Waals surface area contributed by atoms with Crippen LogP contribution in [0.5, 0.6) is 0 Å². The van der Waals surface area contributed by atoms with Gasteiger partial charge in [-0.2, -0.15) is 0 Å². The van der Waals surface area contributed by atoms with Gasteiger partial charge in [0.05, 0.1) is 12.6 Å². The SMILES string of the molecule is Cc1cc(C)c2cc(C(c3nnnn3CC3CCCO3)N3CCCC4(CCCCC4)C3)c(=O)[nH]c2c1. The van der Waals surface area contributed by atoms with Crippen LogP contribution >= 0.6 is 0 Å². The maximum atomic E-state index is 13.7. The van der Waals surface area contributed by atoms with Crippen LogP contribution in [-0.4, -0.2) is 55.9 Å². The summed E-state index contributed by atoms with van der Waals surface area (Å²) in [5, 5.41) is 14.1. The molecule has 2 aromatic heterocycles. The first-order chi connectivity index (χ1) is 17.5. The number of tetrazole rings is 1. The van der Waals surface area contributed by atoms with E-state index in [-0.39, 0.29) is 17.7 Å². The van der Waals surface area contributed by atoms with Gasteiger partial charge in [0.1, 0.15) is 6.04 Å². The zero-order chi connectivity index (χ0) is 24.7. The fourth-order valence-electron chi connectivity index (χ4n) is 7.09. The van der Waals surface area contributed by atoms with E-state index < -0.39 is 0 Å². The average Bonchev–Trinajstić information content (AvgIpc) is 3.53. The number of aryl methyl sites for hydroxylation is 2. The number of ether oxygens (including phenoxy) is 1. The van der Waals surface area contributed by atoms with E-state index in [1.165, 1.54) is 44.1 Å². The van der Waals surface area contributed by atoms with Crippen molar-refractivity contribution in [1.82, 2.24) is 30.1 Å². The van der Waals surface area contributed by atoms with Crippen LogP contribution in [0.25, 0.3) is 10.9 Å². The zero-order valence-electron chi connectivity index (χ0n) is 21.6. The van der Waals surface area contributed by atoms with Gasteiger partial charge in [-0.05, 0) is 98.0 Å². The van der Waals surface area contributed by atoms with Crippen molar-refractivity contribution in [2.45, 2.75) is 90.3 Å². The van der Waals surface area contributed by atoms with Gasteiger partial charge < -0.3 is 9.72 Å². The van der Waals surface area contributed by atoms with Crippen LogP contribution in [0, 0.1) is 19.3 Å². The van der Waals surface area contributed by atoms with E-state index in [1.54, 1.807) is 0 Å². The maximum Gasteiger partial charge on any atom is 0.253 e. The highest BCUT2D eigenvalue weighted by molar-refractivity contribution is 5.83. The third-order valence-corrected chi connectivity index (χ3v) is 8.81. The molecule has 1 aliphatic carbocycles. The Morgan fingerprint density at radius 3 is 2.75 bits per heavy atom. The summed E-state index contributed by atoms with van der Waals surface area (Å²) in [5.41, 5.74) is 4.25. The average molecular weight is 491 g/mol. The second-order valence-electron chi connectivity index (χ2n) is 11.5. The van der Waals surface area contributed by atoms with Crippen molar-refractivity contribution < 1.29 is 4.74 Å².